The fourth-order valence-electron chi connectivity index (χ4n) is 0.813. The van der Waals surface area contributed by atoms with Crippen LogP contribution in [0.2, 0.25) is 0 Å². The van der Waals surface area contributed by atoms with Crippen molar-refractivity contribution in [2.24, 2.45) is 10.2 Å². The van der Waals surface area contributed by atoms with Crippen LogP contribution in [0.15, 0.2) is 32.9 Å². The molecule has 1 aliphatic rings. The minimum Gasteiger partial charge on any atom is -0.361 e. The van der Waals surface area contributed by atoms with Gasteiger partial charge in [0.2, 0.25) is 11.9 Å². The van der Waals surface area contributed by atoms with Gasteiger partial charge in [0, 0.05) is 0 Å². The number of halogens is 1. The molecular formula is C7H6BrN3O. The fraction of sp³-hybridized carbons (Fsp3) is 0.286. The molecule has 1 N–H and O–H groups in total. The summed E-state index contributed by atoms with van der Waals surface area (Å²) in [5.74, 6) is 0. The maximum atomic E-state index is 9.66. The number of azo groups is 1. The van der Waals surface area contributed by atoms with Crippen molar-refractivity contribution in [1.29, 1.82) is 5.26 Å². The molecule has 0 aromatic carbocycles. The molecule has 1 rings (SSSR count). The Labute approximate surface area is 78.0 Å². The van der Waals surface area contributed by atoms with Crippen LogP contribution in [0, 0.1) is 11.5 Å². The zero-order valence-electron chi connectivity index (χ0n) is 6.11. The van der Waals surface area contributed by atoms with E-state index < -0.39 is 5.72 Å². The number of aliphatic hydroxyl groups is 1. The van der Waals surface area contributed by atoms with Gasteiger partial charge < -0.3 is 5.11 Å². The number of allylic oxidation sites excluding steroid dienone is 2. The summed E-state index contributed by atoms with van der Waals surface area (Å²) in [5, 5.41) is 24.3. The monoisotopic (exact) mass is 227 g/mol. The van der Waals surface area contributed by atoms with E-state index in [0.29, 0.717) is 4.48 Å². The minimum absolute atomic E-state index is 0.511. The van der Waals surface area contributed by atoms with Crippen LogP contribution >= 0.6 is 15.9 Å². The van der Waals surface area contributed by atoms with Gasteiger partial charge >= 0.3 is 0 Å². The standard InChI is InChI=1S/C7H6BrN3O/c8-6-3-1-2-4-7(6,12)11-10-5-9/h2-4,12H,1H2. The molecule has 0 aliphatic heterocycles. The molecule has 12 heavy (non-hydrogen) atoms. The van der Waals surface area contributed by atoms with Crippen molar-refractivity contribution in [3.63, 3.8) is 0 Å². The Kier molecular flexibility index (Phi) is 2.74. The first-order valence-electron chi connectivity index (χ1n) is 3.26. The van der Waals surface area contributed by atoms with E-state index in [2.05, 4.69) is 26.2 Å². The van der Waals surface area contributed by atoms with E-state index >= 15 is 0 Å². The molecule has 1 aliphatic carbocycles. The molecule has 4 nitrogen and oxygen atoms in total. The van der Waals surface area contributed by atoms with Gasteiger partial charge in [-0.15, -0.1) is 5.11 Å². The zero-order chi connectivity index (χ0) is 9.03. The minimum atomic E-state index is -1.48. The van der Waals surface area contributed by atoms with Crippen molar-refractivity contribution in [2.75, 3.05) is 0 Å². The fourth-order valence-corrected chi connectivity index (χ4v) is 1.21. The highest BCUT2D eigenvalue weighted by Gasteiger charge is 2.28. The van der Waals surface area contributed by atoms with Crippen LogP contribution in [0.5, 0.6) is 0 Å². The highest BCUT2D eigenvalue weighted by Crippen LogP contribution is 2.29. The average Bonchev–Trinajstić information content (AvgIpc) is 2.07. The van der Waals surface area contributed by atoms with Crippen molar-refractivity contribution >= 4 is 15.9 Å². The van der Waals surface area contributed by atoms with E-state index in [-0.39, 0.29) is 0 Å². The molecule has 0 heterocycles. The summed E-state index contributed by atoms with van der Waals surface area (Å²) >= 11 is 3.14. The van der Waals surface area contributed by atoms with E-state index in [1.807, 2.05) is 0 Å². The molecule has 1 unspecified atom stereocenters. The number of nitriles is 1. The van der Waals surface area contributed by atoms with E-state index in [1.54, 1.807) is 12.2 Å². The Bertz CT molecular complexity index is 302. The van der Waals surface area contributed by atoms with E-state index in [1.165, 1.54) is 12.3 Å². The second-order valence-electron chi connectivity index (χ2n) is 2.22. The SMILES string of the molecule is N#CN=NC1(O)C=CCC=C1Br. The van der Waals surface area contributed by atoms with Crippen molar-refractivity contribution < 1.29 is 5.11 Å². The third-order valence-electron chi connectivity index (χ3n) is 1.38. The number of hydrogen-bond donors (Lipinski definition) is 1. The molecule has 0 saturated heterocycles. The summed E-state index contributed by atoms with van der Waals surface area (Å²) in [6.45, 7) is 0. The lowest BCUT2D eigenvalue weighted by atomic mass is 10.1. The molecule has 0 aromatic rings. The molecular weight excluding hydrogens is 222 g/mol. The van der Waals surface area contributed by atoms with Crippen LogP contribution in [0.25, 0.3) is 0 Å². The number of rotatable bonds is 1. The van der Waals surface area contributed by atoms with Gasteiger partial charge in [0.25, 0.3) is 0 Å². The molecule has 0 saturated carbocycles. The first-order valence-corrected chi connectivity index (χ1v) is 4.05. The van der Waals surface area contributed by atoms with Crippen LogP contribution in [-0.4, -0.2) is 10.8 Å². The molecule has 0 fully saturated rings. The zero-order valence-corrected chi connectivity index (χ0v) is 7.69. The van der Waals surface area contributed by atoms with Crippen LogP contribution in [-0.2, 0) is 0 Å². The molecule has 0 amide bonds. The van der Waals surface area contributed by atoms with Gasteiger partial charge in [-0.05, 0) is 12.5 Å². The normalized spacial score (nSPS) is 28.6. The lowest BCUT2D eigenvalue weighted by Gasteiger charge is -2.19. The van der Waals surface area contributed by atoms with E-state index in [9.17, 15) is 5.11 Å². The Morgan fingerprint density at radius 1 is 1.75 bits per heavy atom. The highest BCUT2D eigenvalue weighted by atomic mass is 79.9. The summed E-state index contributed by atoms with van der Waals surface area (Å²) in [7, 11) is 0. The van der Waals surface area contributed by atoms with Crippen molar-refractivity contribution in [3.05, 3.63) is 22.7 Å². The quantitative estimate of drug-likeness (QED) is 0.422. The Balaban J connectivity index is 2.90. The second-order valence-corrected chi connectivity index (χ2v) is 3.07. The smallest absolute Gasteiger partial charge is 0.228 e. The maximum absolute atomic E-state index is 9.66. The van der Waals surface area contributed by atoms with Gasteiger partial charge in [-0.25, -0.2) is 0 Å². The first kappa shape index (κ1) is 9.10. The maximum Gasteiger partial charge on any atom is 0.228 e. The summed E-state index contributed by atoms with van der Waals surface area (Å²) in [5.41, 5.74) is -1.48. The summed E-state index contributed by atoms with van der Waals surface area (Å²) < 4.78 is 0.511. The molecule has 62 valence electrons. The van der Waals surface area contributed by atoms with Gasteiger partial charge in [0.05, 0.1) is 4.48 Å². The van der Waals surface area contributed by atoms with Crippen molar-refractivity contribution in [2.45, 2.75) is 12.1 Å². The van der Waals surface area contributed by atoms with Crippen LogP contribution in [0.1, 0.15) is 6.42 Å². The average molecular weight is 228 g/mol. The lowest BCUT2D eigenvalue weighted by molar-refractivity contribution is 0.140. The Morgan fingerprint density at radius 2 is 2.50 bits per heavy atom. The number of nitrogens with zero attached hydrogens (tertiary/aromatic N) is 3. The van der Waals surface area contributed by atoms with E-state index in [0.717, 1.165) is 6.42 Å². The molecule has 0 bridgehead atoms. The number of hydrogen-bond acceptors (Lipinski definition) is 4. The van der Waals surface area contributed by atoms with Crippen LogP contribution in [0.4, 0.5) is 0 Å². The van der Waals surface area contributed by atoms with E-state index in [4.69, 9.17) is 5.26 Å². The van der Waals surface area contributed by atoms with Crippen molar-refractivity contribution in [1.82, 2.24) is 0 Å². The van der Waals surface area contributed by atoms with Gasteiger partial charge in [0.15, 0.2) is 0 Å². The molecule has 0 spiro atoms. The van der Waals surface area contributed by atoms with Gasteiger partial charge in [0.1, 0.15) is 0 Å². The van der Waals surface area contributed by atoms with Crippen LogP contribution < -0.4 is 0 Å². The van der Waals surface area contributed by atoms with Gasteiger partial charge in [-0.1, -0.05) is 33.2 Å². The molecule has 1 atom stereocenters. The second kappa shape index (κ2) is 3.61. The largest absolute Gasteiger partial charge is 0.361 e. The predicted octanol–water partition coefficient (Wildman–Crippen LogP) is 1.85. The third-order valence-corrected chi connectivity index (χ3v) is 2.29. The highest BCUT2D eigenvalue weighted by molar-refractivity contribution is 9.11. The van der Waals surface area contributed by atoms with Gasteiger partial charge in [-0.3, -0.25) is 0 Å². The molecule has 0 aromatic heterocycles. The summed E-state index contributed by atoms with van der Waals surface area (Å²) in [4.78, 5) is 0. The Morgan fingerprint density at radius 3 is 3.08 bits per heavy atom. The summed E-state index contributed by atoms with van der Waals surface area (Å²) in [6, 6.07) is 0. The predicted molar refractivity (Wildman–Crippen MR) is 46.2 cm³/mol. The topological polar surface area (TPSA) is 68.7 Å². The molecule has 5 heteroatoms. The first-order chi connectivity index (χ1) is 5.69. The van der Waals surface area contributed by atoms with Crippen LogP contribution in [0.3, 0.4) is 0 Å². The van der Waals surface area contributed by atoms with Gasteiger partial charge in [-0.2, -0.15) is 5.26 Å². The third kappa shape index (κ3) is 1.78. The summed E-state index contributed by atoms with van der Waals surface area (Å²) in [6.07, 6.45) is 7.21. The Hall–Kier alpha value is -0.990. The van der Waals surface area contributed by atoms with Crippen molar-refractivity contribution in [3.8, 4) is 6.19 Å². The molecule has 0 radical (unpaired) electrons. The lowest BCUT2D eigenvalue weighted by Crippen LogP contribution is -2.24.